The zero-order valence-electron chi connectivity index (χ0n) is 6.18. The molecule has 0 amide bonds. The molecular weight excluding hydrogens is 174 g/mol. The summed E-state index contributed by atoms with van der Waals surface area (Å²) in [6.45, 7) is 0. The van der Waals surface area contributed by atoms with Crippen LogP contribution in [0, 0.1) is 0 Å². The minimum atomic E-state index is -0.601. The van der Waals surface area contributed by atoms with Crippen LogP contribution in [-0.4, -0.2) is 10.1 Å². The molecule has 4 heteroatoms. The number of rotatable bonds is 2. The van der Waals surface area contributed by atoms with Crippen LogP contribution in [0.4, 0.5) is 0 Å². The molecule has 2 aromatic heterocycles. The van der Waals surface area contributed by atoms with E-state index in [0.29, 0.717) is 0 Å². The molecule has 0 aromatic carbocycles. The van der Waals surface area contributed by atoms with Gasteiger partial charge in [-0.3, -0.25) is 4.98 Å². The highest BCUT2D eigenvalue weighted by atomic mass is 32.1. The van der Waals surface area contributed by atoms with Crippen LogP contribution in [0.2, 0.25) is 0 Å². The van der Waals surface area contributed by atoms with Gasteiger partial charge in [0.1, 0.15) is 6.10 Å². The van der Waals surface area contributed by atoms with Crippen LogP contribution in [0.5, 0.6) is 0 Å². The van der Waals surface area contributed by atoms with E-state index < -0.39 is 6.10 Å². The van der Waals surface area contributed by atoms with E-state index in [0.717, 1.165) is 10.4 Å². The molecule has 0 radical (unpaired) electrons. The first-order valence-corrected chi connectivity index (χ1v) is 4.34. The molecule has 12 heavy (non-hydrogen) atoms. The third-order valence-corrected chi connectivity index (χ3v) is 2.41. The van der Waals surface area contributed by atoms with Gasteiger partial charge >= 0.3 is 0 Å². The van der Waals surface area contributed by atoms with Gasteiger partial charge < -0.3 is 9.52 Å². The number of aliphatic hydroxyl groups is 1. The fraction of sp³-hybridized carbons (Fsp3) is 0.125. The number of furan rings is 1. The average Bonchev–Trinajstić information content (AvgIpc) is 2.77. The lowest BCUT2D eigenvalue weighted by Gasteiger charge is -2.02. The van der Waals surface area contributed by atoms with Crippen LogP contribution < -0.4 is 0 Å². The summed E-state index contributed by atoms with van der Waals surface area (Å²) in [6, 6.07) is 1.74. The van der Waals surface area contributed by atoms with Crippen molar-refractivity contribution in [2.45, 2.75) is 6.10 Å². The molecule has 2 rings (SSSR count). The van der Waals surface area contributed by atoms with Crippen molar-refractivity contribution in [3.8, 4) is 0 Å². The van der Waals surface area contributed by atoms with E-state index in [1.54, 1.807) is 24.0 Å². The average molecular weight is 181 g/mol. The molecular formula is C8H7NO2S. The van der Waals surface area contributed by atoms with Crippen LogP contribution in [0.1, 0.15) is 16.5 Å². The first kappa shape index (κ1) is 7.52. The van der Waals surface area contributed by atoms with E-state index in [2.05, 4.69) is 4.98 Å². The smallest absolute Gasteiger partial charge is 0.118 e. The van der Waals surface area contributed by atoms with Crippen LogP contribution in [0.3, 0.4) is 0 Å². The molecule has 2 aromatic rings. The second kappa shape index (κ2) is 3.08. The Kier molecular flexibility index (Phi) is 1.93. The minimum absolute atomic E-state index is 0.601. The van der Waals surface area contributed by atoms with Gasteiger partial charge in [0.2, 0.25) is 0 Å². The van der Waals surface area contributed by atoms with Crippen molar-refractivity contribution in [2.24, 2.45) is 0 Å². The third-order valence-electron chi connectivity index (χ3n) is 1.58. The Hall–Kier alpha value is -1.13. The standard InChI is InChI=1S/C8H7NO2S/c10-8(6-1-2-11-4-6)7-3-9-5-12-7/h1-5,8,10H. The summed E-state index contributed by atoms with van der Waals surface area (Å²) >= 11 is 1.43. The summed E-state index contributed by atoms with van der Waals surface area (Å²) in [4.78, 5) is 4.71. The maximum Gasteiger partial charge on any atom is 0.118 e. The van der Waals surface area contributed by atoms with Crippen molar-refractivity contribution in [1.82, 2.24) is 4.98 Å². The van der Waals surface area contributed by atoms with Crippen molar-refractivity contribution in [3.63, 3.8) is 0 Å². The Morgan fingerprint density at radius 2 is 2.50 bits per heavy atom. The number of nitrogens with zero attached hydrogens (tertiary/aromatic N) is 1. The molecule has 0 spiro atoms. The zero-order valence-corrected chi connectivity index (χ0v) is 6.99. The highest BCUT2D eigenvalue weighted by Crippen LogP contribution is 2.24. The fourth-order valence-electron chi connectivity index (χ4n) is 0.956. The molecule has 0 aliphatic heterocycles. The minimum Gasteiger partial charge on any atom is -0.472 e. The van der Waals surface area contributed by atoms with Gasteiger partial charge in [-0.25, -0.2) is 0 Å². The second-order valence-corrected chi connectivity index (χ2v) is 3.28. The largest absolute Gasteiger partial charge is 0.472 e. The third kappa shape index (κ3) is 1.26. The van der Waals surface area contributed by atoms with Gasteiger partial charge in [-0.2, -0.15) is 0 Å². The Morgan fingerprint density at radius 3 is 3.08 bits per heavy atom. The van der Waals surface area contributed by atoms with Gasteiger partial charge in [-0.15, -0.1) is 11.3 Å². The van der Waals surface area contributed by atoms with Crippen molar-refractivity contribution < 1.29 is 9.52 Å². The summed E-state index contributed by atoms with van der Waals surface area (Å²) < 4.78 is 4.86. The molecule has 3 nitrogen and oxygen atoms in total. The summed E-state index contributed by atoms with van der Waals surface area (Å²) in [7, 11) is 0. The Bertz CT molecular complexity index is 294. The summed E-state index contributed by atoms with van der Waals surface area (Å²) in [6.07, 6.45) is 4.13. The number of aromatic nitrogens is 1. The predicted octanol–water partition coefficient (Wildman–Crippen LogP) is 1.82. The van der Waals surface area contributed by atoms with Crippen LogP contribution in [0.25, 0.3) is 0 Å². The first-order chi connectivity index (χ1) is 5.88. The van der Waals surface area contributed by atoms with Crippen molar-refractivity contribution >= 4 is 11.3 Å². The van der Waals surface area contributed by atoms with Gasteiger partial charge in [0.25, 0.3) is 0 Å². The molecule has 62 valence electrons. The highest BCUT2D eigenvalue weighted by Gasteiger charge is 2.12. The molecule has 0 aliphatic carbocycles. The Labute approximate surface area is 73.3 Å². The van der Waals surface area contributed by atoms with Gasteiger partial charge in [0.05, 0.1) is 22.9 Å². The molecule has 0 saturated heterocycles. The number of hydrogen-bond acceptors (Lipinski definition) is 4. The van der Waals surface area contributed by atoms with E-state index >= 15 is 0 Å². The van der Waals surface area contributed by atoms with Crippen molar-refractivity contribution in [2.75, 3.05) is 0 Å². The van der Waals surface area contributed by atoms with Gasteiger partial charge in [0, 0.05) is 11.8 Å². The number of aliphatic hydroxyl groups excluding tert-OH is 1. The van der Waals surface area contributed by atoms with Gasteiger partial charge in [0.15, 0.2) is 0 Å². The normalized spacial score (nSPS) is 13.1. The topological polar surface area (TPSA) is 46.3 Å². The molecule has 2 heterocycles. The molecule has 0 aliphatic rings. The summed E-state index contributed by atoms with van der Waals surface area (Å²) in [5, 5.41) is 9.68. The highest BCUT2D eigenvalue weighted by molar-refractivity contribution is 7.09. The van der Waals surface area contributed by atoms with Crippen molar-refractivity contribution in [3.05, 3.63) is 40.7 Å². The number of hydrogen-bond donors (Lipinski definition) is 1. The van der Waals surface area contributed by atoms with E-state index in [1.807, 2.05) is 0 Å². The predicted molar refractivity (Wildman–Crippen MR) is 44.9 cm³/mol. The maximum absolute atomic E-state index is 9.68. The van der Waals surface area contributed by atoms with Crippen LogP contribution in [0.15, 0.2) is 34.7 Å². The van der Waals surface area contributed by atoms with Gasteiger partial charge in [-0.05, 0) is 6.07 Å². The Balaban J connectivity index is 2.27. The van der Waals surface area contributed by atoms with Crippen LogP contribution in [-0.2, 0) is 0 Å². The molecule has 0 fully saturated rings. The van der Waals surface area contributed by atoms with Crippen molar-refractivity contribution in [1.29, 1.82) is 0 Å². The quantitative estimate of drug-likeness (QED) is 0.768. The molecule has 1 atom stereocenters. The SMILES string of the molecule is OC(c1ccoc1)c1cncs1. The zero-order chi connectivity index (χ0) is 8.39. The van der Waals surface area contributed by atoms with Gasteiger partial charge in [-0.1, -0.05) is 0 Å². The maximum atomic E-state index is 9.68. The summed E-state index contributed by atoms with van der Waals surface area (Å²) in [5.74, 6) is 0. The number of thiazole rings is 1. The monoisotopic (exact) mass is 181 g/mol. The molecule has 1 unspecified atom stereocenters. The first-order valence-electron chi connectivity index (χ1n) is 3.46. The van der Waals surface area contributed by atoms with E-state index in [9.17, 15) is 5.11 Å². The fourth-order valence-corrected chi connectivity index (χ4v) is 1.59. The van der Waals surface area contributed by atoms with Crippen LogP contribution >= 0.6 is 11.3 Å². The lowest BCUT2D eigenvalue weighted by molar-refractivity contribution is 0.223. The molecule has 0 saturated carbocycles. The second-order valence-electron chi connectivity index (χ2n) is 2.36. The van der Waals surface area contributed by atoms with E-state index in [-0.39, 0.29) is 0 Å². The van der Waals surface area contributed by atoms with E-state index in [4.69, 9.17) is 4.42 Å². The van der Waals surface area contributed by atoms with E-state index in [1.165, 1.54) is 17.6 Å². The lowest BCUT2D eigenvalue weighted by atomic mass is 10.2. The lowest BCUT2D eigenvalue weighted by Crippen LogP contribution is -1.93. The summed E-state index contributed by atoms with van der Waals surface area (Å²) in [5.41, 5.74) is 2.46. The molecule has 1 N–H and O–H groups in total. The molecule has 0 bridgehead atoms. The Morgan fingerprint density at radius 1 is 1.58 bits per heavy atom.